The van der Waals surface area contributed by atoms with Crippen LogP contribution in [0.4, 0.5) is 0 Å². The van der Waals surface area contributed by atoms with Gasteiger partial charge in [-0.2, -0.15) is 0 Å². The lowest BCUT2D eigenvalue weighted by molar-refractivity contribution is -0.151. The Morgan fingerprint density at radius 2 is 1.90 bits per heavy atom. The lowest BCUT2D eigenvalue weighted by Gasteiger charge is -2.42. The maximum atomic E-state index is 11.8. The highest BCUT2D eigenvalue weighted by molar-refractivity contribution is 6.30. The normalized spacial score (nSPS) is 20.6. The predicted octanol–water partition coefficient (Wildman–Crippen LogP) is 3.46. The summed E-state index contributed by atoms with van der Waals surface area (Å²) in [6.07, 6.45) is 2.65. The number of benzene rings is 1. The Bertz CT molecular complexity index is 466. The Morgan fingerprint density at radius 3 is 2.40 bits per heavy atom. The summed E-state index contributed by atoms with van der Waals surface area (Å²) < 4.78 is 0. The number of halogens is 1. The van der Waals surface area contributed by atoms with E-state index in [-0.39, 0.29) is 0 Å². The molecule has 1 saturated heterocycles. The molecular formula is C16H22ClNO2. The van der Waals surface area contributed by atoms with Gasteiger partial charge in [-0.05, 0) is 56.5 Å². The smallest absolute Gasteiger partial charge is 0.324 e. The first-order chi connectivity index (χ1) is 9.41. The molecule has 3 nitrogen and oxygen atoms in total. The fourth-order valence-corrected chi connectivity index (χ4v) is 2.95. The zero-order valence-corrected chi connectivity index (χ0v) is 12.9. The summed E-state index contributed by atoms with van der Waals surface area (Å²) in [5.41, 5.74) is 0.173. The van der Waals surface area contributed by atoms with Crippen molar-refractivity contribution in [3.63, 3.8) is 0 Å². The number of hydrogen-bond acceptors (Lipinski definition) is 2. The molecule has 1 unspecified atom stereocenters. The second-order valence-electron chi connectivity index (χ2n) is 6.05. The quantitative estimate of drug-likeness (QED) is 0.925. The first-order valence-electron chi connectivity index (χ1n) is 7.15. The summed E-state index contributed by atoms with van der Waals surface area (Å²) in [4.78, 5) is 13.9. The number of likely N-dealkylation sites (tertiary alicyclic amines) is 1. The van der Waals surface area contributed by atoms with Gasteiger partial charge in [0.25, 0.3) is 0 Å². The Labute approximate surface area is 125 Å². The minimum Gasteiger partial charge on any atom is -0.480 e. The van der Waals surface area contributed by atoms with Crippen LogP contribution in [0.25, 0.3) is 0 Å². The van der Waals surface area contributed by atoms with Crippen molar-refractivity contribution in [3.8, 4) is 0 Å². The monoisotopic (exact) mass is 295 g/mol. The molecule has 1 N–H and O–H groups in total. The van der Waals surface area contributed by atoms with E-state index >= 15 is 0 Å². The molecule has 0 amide bonds. The molecular weight excluding hydrogens is 274 g/mol. The molecule has 1 heterocycles. The van der Waals surface area contributed by atoms with Crippen LogP contribution in [0.15, 0.2) is 24.3 Å². The molecule has 1 aliphatic rings. The van der Waals surface area contributed by atoms with E-state index < -0.39 is 11.5 Å². The fraction of sp³-hybridized carbons (Fsp3) is 0.562. The molecule has 20 heavy (non-hydrogen) atoms. The second-order valence-corrected chi connectivity index (χ2v) is 6.49. The van der Waals surface area contributed by atoms with Gasteiger partial charge in [-0.1, -0.05) is 30.7 Å². The van der Waals surface area contributed by atoms with Gasteiger partial charge in [0.2, 0.25) is 0 Å². The van der Waals surface area contributed by atoms with E-state index in [0.29, 0.717) is 17.4 Å². The van der Waals surface area contributed by atoms with E-state index in [4.69, 9.17) is 11.6 Å². The van der Waals surface area contributed by atoms with Crippen LogP contribution < -0.4 is 0 Å². The number of nitrogens with zero attached hydrogens (tertiary/aromatic N) is 1. The highest BCUT2D eigenvalue weighted by atomic mass is 35.5. The number of piperidine rings is 1. The van der Waals surface area contributed by atoms with Crippen LogP contribution in [0.5, 0.6) is 0 Å². The van der Waals surface area contributed by atoms with Crippen LogP contribution in [0, 0.1) is 5.92 Å². The third-order valence-electron chi connectivity index (χ3n) is 4.40. The summed E-state index contributed by atoms with van der Waals surface area (Å²) in [6.45, 7) is 5.78. The van der Waals surface area contributed by atoms with Crippen molar-refractivity contribution >= 4 is 17.6 Å². The van der Waals surface area contributed by atoms with Crippen LogP contribution in [-0.4, -0.2) is 34.6 Å². The Kier molecular flexibility index (Phi) is 4.71. The standard InChI is InChI=1S/C16H22ClNO2/c1-12-7-9-18(10-8-12)16(2,15(19)20)11-13-3-5-14(17)6-4-13/h3-6,12H,7-11H2,1-2H3,(H,19,20). The number of aliphatic carboxylic acids is 1. The molecule has 1 aromatic carbocycles. The highest BCUT2D eigenvalue weighted by Gasteiger charge is 2.40. The van der Waals surface area contributed by atoms with E-state index in [9.17, 15) is 9.90 Å². The third kappa shape index (κ3) is 3.33. The van der Waals surface area contributed by atoms with Gasteiger partial charge in [-0.25, -0.2) is 0 Å². The van der Waals surface area contributed by atoms with Crippen LogP contribution in [-0.2, 0) is 11.2 Å². The largest absolute Gasteiger partial charge is 0.480 e. The number of carbonyl (C=O) groups is 1. The molecule has 1 atom stereocenters. The van der Waals surface area contributed by atoms with Gasteiger partial charge >= 0.3 is 5.97 Å². The Hall–Kier alpha value is -1.06. The van der Waals surface area contributed by atoms with E-state index in [0.717, 1.165) is 31.5 Å². The van der Waals surface area contributed by atoms with Crippen molar-refractivity contribution in [1.82, 2.24) is 4.90 Å². The molecule has 0 radical (unpaired) electrons. The fourth-order valence-electron chi connectivity index (χ4n) is 2.82. The molecule has 1 aliphatic heterocycles. The lowest BCUT2D eigenvalue weighted by atomic mass is 9.87. The first-order valence-corrected chi connectivity index (χ1v) is 7.52. The molecule has 0 bridgehead atoms. The summed E-state index contributed by atoms with van der Waals surface area (Å²) in [7, 11) is 0. The maximum Gasteiger partial charge on any atom is 0.324 e. The molecule has 0 aromatic heterocycles. The van der Waals surface area contributed by atoms with Gasteiger partial charge in [-0.3, -0.25) is 9.69 Å². The van der Waals surface area contributed by atoms with E-state index in [1.165, 1.54) is 0 Å². The molecule has 0 spiro atoms. The van der Waals surface area contributed by atoms with Crippen molar-refractivity contribution in [3.05, 3.63) is 34.9 Å². The topological polar surface area (TPSA) is 40.5 Å². The van der Waals surface area contributed by atoms with Gasteiger partial charge in [-0.15, -0.1) is 0 Å². The molecule has 1 aromatic rings. The molecule has 2 rings (SSSR count). The zero-order valence-electron chi connectivity index (χ0n) is 12.1. The zero-order chi connectivity index (χ0) is 14.8. The van der Waals surface area contributed by atoms with Crippen LogP contribution in [0.1, 0.15) is 32.3 Å². The minimum absolute atomic E-state index is 0.508. The summed E-state index contributed by atoms with van der Waals surface area (Å²) in [5.74, 6) is -0.0539. The van der Waals surface area contributed by atoms with Crippen LogP contribution in [0.2, 0.25) is 5.02 Å². The van der Waals surface area contributed by atoms with Crippen molar-refractivity contribution in [2.45, 2.75) is 38.6 Å². The average Bonchev–Trinajstić information content (AvgIpc) is 2.42. The van der Waals surface area contributed by atoms with Gasteiger partial charge in [0.15, 0.2) is 0 Å². The number of carboxylic acid groups (broad SMARTS) is 1. The van der Waals surface area contributed by atoms with Crippen molar-refractivity contribution in [2.75, 3.05) is 13.1 Å². The lowest BCUT2D eigenvalue weighted by Crippen LogP contribution is -2.56. The van der Waals surface area contributed by atoms with E-state index in [1.54, 1.807) is 0 Å². The summed E-state index contributed by atoms with van der Waals surface area (Å²) in [5, 5.41) is 10.4. The van der Waals surface area contributed by atoms with E-state index in [2.05, 4.69) is 11.8 Å². The Balaban J connectivity index is 2.16. The van der Waals surface area contributed by atoms with Crippen LogP contribution >= 0.6 is 11.6 Å². The maximum absolute atomic E-state index is 11.8. The van der Waals surface area contributed by atoms with Crippen molar-refractivity contribution in [1.29, 1.82) is 0 Å². The summed E-state index contributed by atoms with van der Waals surface area (Å²) >= 11 is 5.88. The Morgan fingerprint density at radius 1 is 1.35 bits per heavy atom. The SMILES string of the molecule is CC1CCN(C(C)(Cc2ccc(Cl)cc2)C(=O)O)CC1. The summed E-state index contributed by atoms with van der Waals surface area (Å²) in [6, 6.07) is 7.46. The van der Waals surface area contributed by atoms with Gasteiger partial charge in [0, 0.05) is 11.4 Å². The molecule has 110 valence electrons. The number of rotatable bonds is 4. The molecule has 0 aliphatic carbocycles. The minimum atomic E-state index is -0.839. The first kappa shape index (κ1) is 15.3. The van der Waals surface area contributed by atoms with Crippen LogP contribution in [0.3, 0.4) is 0 Å². The van der Waals surface area contributed by atoms with Crippen molar-refractivity contribution < 1.29 is 9.90 Å². The van der Waals surface area contributed by atoms with Gasteiger partial charge in [0.1, 0.15) is 5.54 Å². The van der Waals surface area contributed by atoms with Gasteiger partial charge in [0.05, 0.1) is 0 Å². The molecule has 4 heteroatoms. The van der Waals surface area contributed by atoms with Crippen molar-refractivity contribution in [2.24, 2.45) is 5.92 Å². The number of hydrogen-bond donors (Lipinski definition) is 1. The van der Waals surface area contributed by atoms with E-state index in [1.807, 2.05) is 31.2 Å². The predicted molar refractivity (Wildman–Crippen MR) is 81.2 cm³/mol. The molecule has 0 saturated carbocycles. The number of carboxylic acids is 1. The highest BCUT2D eigenvalue weighted by Crippen LogP contribution is 2.28. The van der Waals surface area contributed by atoms with Gasteiger partial charge < -0.3 is 5.11 Å². The third-order valence-corrected chi connectivity index (χ3v) is 4.66. The average molecular weight is 296 g/mol. The molecule has 1 fully saturated rings. The second kappa shape index (κ2) is 6.15.